The van der Waals surface area contributed by atoms with Crippen molar-refractivity contribution in [2.24, 2.45) is 4.99 Å². The van der Waals surface area contributed by atoms with Gasteiger partial charge in [0.2, 0.25) is 0 Å². The third-order valence-corrected chi connectivity index (χ3v) is 3.80. The first kappa shape index (κ1) is 21.3. The molecular weight excluding hydrogens is 368 g/mol. The molecule has 8 heteroatoms. The highest BCUT2D eigenvalue weighted by atomic mass is 19.3. The number of guanidine groups is 1. The van der Waals surface area contributed by atoms with Crippen LogP contribution in [-0.2, 0) is 13.1 Å². The molecule has 0 spiro atoms. The molecule has 2 N–H and O–H groups in total. The van der Waals surface area contributed by atoms with Crippen molar-refractivity contribution in [3.63, 3.8) is 0 Å². The number of methoxy groups -OCH3 is 2. The van der Waals surface area contributed by atoms with Crippen molar-refractivity contribution in [3.8, 4) is 17.2 Å². The average Bonchev–Trinajstić information content (AvgIpc) is 2.70. The second kappa shape index (κ2) is 11.0. The number of halogens is 2. The maximum absolute atomic E-state index is 12.6. The second-order valence-corrected chi connectivity index (χ2v) is 5.76. The van der Waals surface area contributed by atoms with Crippen LogP contribution >= 0.6 is 0 Å². The molecule has 6 nitrogen and oxygen atoms in total. The summed E-state index contributed by atoms with van der Waals surface area (Å²) >= 11 is 0. The summed E-state index contributed by atoms with van der Waals surface area (Å²) < 4.78 is 39.9. The first-order valence-corrected chi connectivity index (χ1v) is 8.82. The Kier molecular flexibility index (Phi) is 8.33. The fourth-order valence-electron chi connectivity index (χ4n) is 2.49. The van der Waals surface area contributed by atoms with E-state index in [1.165, 1.54) is 13.2 Å². The minimum Gasteiger partial charge on any atom is -0.497 e. The molecule has 0 aliphatic heterocycles. The Hall–Kier alpha value is -3.03. The van der Waals surface area contributed by atoms with Crippen LogP contribution in [0.5, 0.6) is 17.2 Å². The zero-order chi connectivity index (χ0) is 20.4. The molecule has 0 unspecified atom stereocenters. The first-order chi connectivity index (χ1) is 13.5. The molecule has 0 bridgehead atoms. The lowest BCUT2D eigenvalue weighted by atomic mass is 10.2. The van der Waals surface area contributed by atoms with Crippen LogP contribution in [0.15, 0.2) is 47.5 Å². The summed E-state index contributed by atoms with van der Waals surface area (Å²) in [5, 5.41) is 6.33. The van der Waals surface area contributed by atoms with Crippen molar-refractivity contribution in [1.29, 1.82) is 0 Å². The van der Waals surface area contributed by atoms with E-state index < -0.39 is 6.61 Å². The van der Waals surface area contributed by atoms with E-state index in [0.29, 0.717) is 25.6 Å². The van der Waals surface area contributed by atoms with Crippen LogP contribution in [-0.4, -0.2) is 33.3 Å². The van der Waals surface area contributed by atoms with Crippen LogP contribution in [0.2, 0.25) is 0 Å². The molecule has 0 fully saturated rings. The van der Waals surface area contributed by atoms with Gasteiger partial charge in [-0.3, -0.25) is 0 Å². The minimum absolute atomic E-state index is 0.00452. The third-order valence-electron chi connectivity index (χ3n) is 3.80. The van der Waals surface area contributed by atoms with Gasteiger partial charge in [-0.2, -0.15) is 8.78 Å². The second-order valence-electron chi connectivity index (χ2n) is 5.76. The van der Waals surface area contributed by atoms with Gasteiger partial charge in [0, 0.05) is 13.1 Å². The van der Waals surface area contributed by atoms with Crippen LogP contribution < -0.4 is 24.8 Å². The molecule has 2 aromatic carbocycles. The van der Waals surface area contributed by atoms with E-state index >= 15 is 0 Å². The topological polar surface area (TPSA) is 64.1 Å². The summed E-state index contributed by atoms with van der Waals surface area (Å²) in [5.41, 5.74) is 1.76. The zero-order valence-electron chi connectivity index (χ0n) is 16.2. The van der Waals surface area contributed by atoms with Gasteiger partial charge in [0.1, 0.15) is 5.75 Å². The van der Waals surface area contributed by atoms with Gasteiger partial charge in [-0.15, -0.1) is 0 Å². The van der Waals surface area contributed by atoms with Gasteiger partial charge < -0.3 is 24.8 Å². The average molecular weight is 393 g/mol. The van der Waals surface area contributed by atoms with E-state index in [0.717, 1.165) is 16.9 Å². The lowest BCUT2D eigenvalue weighted by Gasteiger charge is -2.14. The number of nitrogens with zero attached hydrogens (tertiary/aromatic N) is 1. The van der Waals surface area contributed by atoms with Crippen molar-refractivity contribution in [1.82, 2.24) is 10.6 Å². The normalized spacial score (nSPS) is 11.3. The van der Waals surface area contributed by atoms with Crippen LogP contribution in [0, 0.1) is 0 Å². The summed E-state index contributed by atoms with van der Waals surface area (Å²) in [5.74, 6) is 1.63. The summed E-state index contributed by atoms with van der Waals surface area (Å²) in [4.78, 5) is 4.54. The Balaban J connectivity index is 2.05. The van der Waals surface area contributed by atoms with Crippen molar-refractivity contribution in [2.45, 2.75) is 26.6 Å². The summed E-state index contributed by atoms with van der Waals surface area (Å²) in [6.07, 6.45) is 0. The van der Waals surface area contributed by atoms with E-state index in [-0.39, 0.29) is 11.5 Å². The molecule has 152 valence electrons. The van der Waals surface area contributed by atoms with Crippen molar-refractivity contribution in [3.05, 3.63) is 53.6 Å². The Labute approximate surface area is 163 Å². The number of alkyl halides is 2. The predicted molar refractivity (Wildman–Crippen MR) is 104 cm³/mol. The number of hydrogen-bond acceptors (Lipinski definition) is 4. The van der Waals surface area contributed by atoms with Gasteiger partial charge in [-0.05, 0) is 42.3 Å². The minimum atomic E-state index is -2.92. The number of benzene rings is 2. The van der Waals surface area contributed by atoms with Crippen molar-refractivity contribution in [2.75, 3.05) is 20.8 Å². The van der Waals surface area contributed by atoms with Gasteiger partial charge in [0.25, 0.3) is 0 Å². The monoisotopic (exact) mass is 393 g/mol. The van der Waals surface area contributed by atoms with Crippen molar-refractivity contribution < 1.29 is 23.0 Å². The molecule has 0 aliphatic rings. The smallest absolute Gasteiger partial charge is 0.387 e. The maximum Gasteiger partial charge on any atom is 0.387 e. The third kappa shape index (κ3) is 6.61. The van der Waals surface area contributed by atoms with E-state index in [2.05, 4.69) is 20.4 Å². The summed E-state index contributed by atoms with van der Waals surface area (Å²) in [6, 6.07) is 12.6. The van der Waals surface area contributed by atoms with Crippen LogP contribution in [0.4, 0.5) is 8.78 Å². The van der Waals surface area contributed by atoms with E-state index in [4.69, 9.17) is 9.47 Å². The molecule has 0 heterocycles. The Bertz CT molecular complexity index is 785. The molecule has 2 aromatic rings. The lowest BCUT2D eigenvalue weighted by molar-refractivity contribution is -0.0512. The largest absolute Gasteiger partial charge is 0.497 e. The summed E-state index contributed by atoms with van der Waals surface area (Å²) in [6.45, 7) is 0.582. The highest BCUT2D eigenvalue weighted by Crippen LogP contribution is 2.29. The van der Waals surface area contributed by atoms with Gasteiger partial charge in [-0.1, -0.05) is 18.2 Å². The molecule has 28 heavy (non-hydrogen) atoms. The van der Waals surface area contributed by atoms with E-state index in [1.807, 2.05) is 31.2 Å². The molecular formula is C20H25F2N3O3. The number of hydrogen-bond donors (Lipinski definition) is 2. The highest BCUT2D eigenvalue weighted by molar-refractivity contribution is 5.79. The van der Waals surface area contributed by atoms with Crippen LogP contribution in [0.1, 0.15) is 18.1 Å². The van der Waals surface area contributed by atoms with Crippen molar-refractivity contribution >= 4 is 5.96 Å². The molecule has 0 saturated heterocycles. The van der Waals surface area contributed by atoms with Gasteiger partial charge in [-0.25, -0.2) is 4.99 Å². The van der Waals surface area contributed by atoms with Crippen LogP contribution in [0.3, 0.4) is 0 Å². The number of ether oxygens (including phenoxy) is 3. The molecule has 0 aromatic heterocycles. The Morgan fingerprint density at radius 1 is 1.00 bits per heavy atom. The Morgan fingerprint density at radius 3 is 2.50 bits per heavy atom. The Morgan fingerprint density at radius 2 is 1.82 bits per heavy atom. The molecule has 0 amide bonds. The van der Waals surface area contributed by atoms with Gasteiger partial charge >= 0.3 is 6.61 Å². The maximum atomic E-state index is 12.6. The van der Waals surface area contributed by atoms with Gasteiger partial charge in [0.15, 0.2) is 17.5 Å². The fourth-order valence-corrected chi connectivity index (χ4v) is 2.49. The summed E-state index contributed by atoms with van der Waals surface area (Å²) in [7, 11) is 3.02. The highest BCUT2D eigenvalue weighted by Gasteiger charge is 2.11. The quantitative estimate of drug-likeness (QED) is 0.504. The first-order valence-electron chi connectivity index (χ1n) is 8.82. The number of aliphatic imine (C=N–C) groups is 1. The molecule has 0 atom stereocenters. The standard InChI is InChI=1S/C20H25F2N3O3/c1-4-23-20(24-12-14-6-5-7-16(10-14)26-2)25-13-15-8-9-17(27-3)18(11-15)28-19(21)22/h5-11,19H,4,12-13H2,1-3H3,(H2,23,24,25). The predicted octanol–water partition coefficient (Wildman–Crippen LogP) is 3.56. The van der Waals surface area contributed by atoms with Gasteiger partial charge in [0.05, 0.1) is 20.8 Å². The zero-order valence-corrected chi connectivity index (χ0v) is 16.2. The fraction of sp³-hybridized carbons (Fsp3) is 0.350. The molecule has 0 saturated carbocycles. The van der Waals surface area contributed by atoms with Crippen LogP contribution in [0.25, 0.3) is 0 Å². The number of nitrogens with one attached hydrogen (secondary N) is 2. The number of rotatable bonds is 9. The molecule has 0 radical (unpaired) electrons. The molecule has 0 aliphatic carbocycles. The lowest BCUT2D eigenvalue weighted by Crippen LogP contribution is -2.36. The SMILES string of the molecule is CCNC(=NCc1cccc(OC)c1)NCc1ccc(OC)c(OC(F)F)c1. The van der Waals surface area contributed by atoms with E-state index in [1.54, 1.807) is 19.2 Å². The van der Waals surface area contributed by atoms with E-state index in [9.17, 15) is 8.78 Å². The molecule has 2 rings (SSSR count).